The van der Waals surface area contributed by atoms with Crippen molar-refractivity contribution in [3.8, 4) is 0 Å². The summed E-state index contributed by atoms with van der Waals surface area (Å²) in [6.45, 7) is 9.61. The second-order valence-corrected chi connectivity index (χ2v) is 7.25. The predicted molar refractivity (Wildman–Crippen MR) is 78.7 cm³/mol. The molecule has 0 saturated heterocycles. The van der Waals surface area contributed by atoms with Crippen molar-refractivity contribution < 1.29 is 13.3 Å². The molecule has 0 bridgehead atoms. The summed E-state index contributed by atoms with van der Waals surface area (Å²) in [5.41, 5.74) is 0. The molecule has 0 amide bonds. The van der Waals surface area contributed by atoms with E-state index in [4.69, 9.17) is 13.3 Å². The summed E-state index contributed by atoms with van der Waals surface area (Å²) in [5.74, 6) is 0. The van der Waals surface area contributed by atoms with Crippen LogP contribution in [0.25, 0.3) is 0 Å². The fraction of sp³-hybridized carbons (Fsp3) is 0.857. The van der Waals surface area contributed by atoms with Gasteiger partial charge in [-0.3, -0.25) is 0 Å². The number of hydrogen-bond acceptors (Lipinski definition) is 3. The molecule has 0 aliphatic heterocycles. The summed E-state index contributed by atoms with van der Waals surface area (Å²) in [4.78, 5) is 0. The van der Waals surface area contributed by atoms with Crippen LogP contribution in [0.3, 0.4) is 0 Å². The Bertz CT molecular complexity index is 185. The molecule has 0 aromatic heterocycles. The molecule has 0 saturated carbocycles. The zero-order chi connectivity index (χ0) is 13.7. The normalized spacial score (nSPS) is 11.7. The Balaban J connectivity index is 4.09. The first-order valence-corrected chi connectivity index (χ1v) is 9.11. The average molecular weight is 274 g/mol. The molecular formula is C14H30O3Si. The van der Waals surface area contributed by atoms with Crippen molar-refractivity contribution in [1.82, 2.24) is 0 Å². The van der Waals surface area contributed by atoms with Crippen LogP contribution in [0.15, 0.2) is 12.7 Å². The maximum atomic E-state index is 5.92. The highest BCUT2D eigenvalue weighted by Crippen LogP contribution is 2.17. The smallest absolute Gasteiger partial charge is 0.377 e. The molecule has 0 spiro atoms. The molecule has 0 aliphatic rings. The van der Waals surface area contributed by atoms with Crippen LogP contribution >= 0.6 is 0 Å². The summed E-state index contributed by atoms with van der Waals surface area (Å²) in [7, 11) is -0.798. The first kappa shape index (κ1) is 17.8. The minimum atomic E-state index is -2.49. The van der Waals surface area contributed by atoms with Crippen molar-refractivity contribution in [3.63, 3.8) is 0 Å². The van der Waals surface area contributed by atoms with Crippen LogP contribution in [0.1, 0.15) is 52.4 Å². The molecule has 0 heterocycles. The van der Waals surface area contributed by atoms with Gasteiger partial charge in [-0.25, -0.2) is 0 Å². The van der Waals surface area contributed by atoms with Gasteiger partial charge in [0, 0.05) is 26.4 Å². The standard InChI is InChI=1S/C14H30O3Si/c1-5-8-10-12-16-18(15-4,14-7-3)17-13-11-9-6-2/h7H,3,5-6,8-14H2,1-2,4H3. The van der Waals surface area contributed by atoms with Crippen LogP contribution in [0, 0.1) is 0 Å². The van der Waals surface area contributed by atoms with E-state index in [0.29, 0.717) is 6.04 Å². The molecule has 0 rings (SSSR count). The summed E-state index contributed by atoms with van der Waals surface area (Å²) in [6, 6.07) is 0.696. The number of allylic oxidation sites excluding steroid dienone is 1. The Kier molecular flexibility index (Phi) is 11.8. The van der Waals surface area contributed by atoms with Gasteiger partial charge in [0.25, 0.3) is 0 Å². The van der Waals surface area contributed by atoms with Crippen molar-refractivity contribution in [2.45, 2.75) is 58.4 Å². The molecule has 0 fully saturated rings. The molecular weight excluding hydrogens is 244 g/mol. The largest absolute Gasteiger partial charge is 0.504 e. The van der Waals surface area contributed by atoms with Crippen LogP contribution in [0.2, 0.25) is 6.04 Å². The van der Waals surface area contributed by atoms with Crippen molar-refractivity contribution in [3.05, 3.63) is 12.7 Å². The number of unbranched alkanes of at least 4 members (excludes halogenated alkanes) is 4. The molecule has 0 atom stereocenters. The van der Waals surface area contributed by atoms with Crippen LogP contribution in [-0.4, -0.2) is 29.1 Å². The van der Waals surface area contributed by atoms with E-state index in [0.717, 1.165) is 26.1 Å². The quantitative estimate of drug-likeness (QED) is 0.286. The fourth-order valence-corrected chi connectivity index (χ4v) is 3.68. The van der Waals surface area contributed by atoms with E-state index in [2.05, 4.69) is 20.4 Å². The highest BCUT2D eigenvalue weighted by atomic mass is 28.4. The van der Waals surface area contributed by atoms with Crippen LogP contribution < -0.4 is 0 Å². The van der Waals surface area contributed by atoms with Gasteiger partial charge in [-0.2, -0.15) is 0 Å². The summed E-state index contributed by atoms with van der Waals surface area (Å²) < 4.78 is 17.4. The number of hydrogen-bond donors (Lipinski definition) is 0. The van der Waals surface area contributed by atoms with Gasteiger partial charge in [-0.15, -0.1) is 6.58 Å². The predicted octanol–water partition coefficient (Wildman–Crippen LogP) is 4.17. The van der Waals surface area contributed by atoms with Crippen LogP contribution in [0.5, 0.6) is 0 Å². The van der Waals surface area contributed by atoms with Crippen molar-refractivity contribution in [2.24, 2.45) is 0 Å². The monoisotopic (exact) mass is 274 g/mol. The van der Waals surface area contributed by atoms with E-state index in [1.165, 1.54) is 25.7 Å². The van der Waals surface area contributed by atoms with E-state index >= 15 is 0 Å². The molecule has 0 aromatic carbocycles. The fourth-order valence-electron chi connectivity index (χ4n) is 1.70. The van der Waals surface area contributed by atoms with Crippen molar-refractivity contribution in [2.75, 3.05) is 20.3 Å². The molecule has 0 aliphatic carbocycles. The zero-order valence-electron chi connectivity index (χ0n) is 12.4. The van der Waals surface area contributed by atoms with E-state index < -0.39 is 8.80 Å². The Hall–Kier alpha value is -0.163. The SMILES string of the molecule is C=CC[Si](OC)(OCCCCC)OCCCCC. The molecule has 0 N–H and O–H groups in total. The second kappa shape index (κ2) is 11.9. The lowest BCUT2D eigenvalue weighted by atomic mass is 10.3. The highest BCUT2D eigenvalue weighted by molar-refractivity contribution is 6.61. The molecule has 0 radical (unpaired) electrons. The van der Waals surface area contributed by atoms with Crippen molar-refractivity contribution in [1.29, 1.82) is 0 Å². The Morgan fingerprint density at radius 3 is 1.78 bits per heavy atom. The lowest BCUT2D eigenvalue weighted by molar-refractivity contribution is 0.0773. The van der Waals surface area contributed by atoms with Crippen molar-refractivity contribution >= 4 is 8.80 Å². The first-order valence-electron chi connectivity index (χ1n) is 7.18. The highest BCUT2D eigenvalue weighted by Gasteiger charge is 2.38. The van der Waals surface area contributed by atoms with E-state index in [9.17, 15) is 0 Å². The topological polar surface area (TPSA) is 27.7 Å². The van der Waals surface area contributed by atoms with Gasteiger partial charge in [-0.1, -0.05) is 45.6 Å². The van der Waals surface area contributed by atoms with Gasteiger partial charge >= 0.3 is 8.80 Å². The zero-order valence-corrected chi connectivity index (χ0v) is 13.4. The van der Waals surface area contributed by atoms with Gasteiger partial charge in [0.2, 0.25) is 0 Å². The third kappa shape index (κ3) is 8.03. The van der Waals surface area contributed by atoms with E-state index in [-0.39, 0.29) is 0 Å². The van der Waals surface area contributed by atoms with Gasteiger partial charge in [0.15, 0.2) is 0 Å². The summed E-state index contributed by atoms with van der Waals surface area (Å²) in [5, 5.41) is 0. The molecule has 18 heavy (non-hydrogen) atoms. The number of rotatable bonds is 13. The molecule has 0 aromatic rings. The average Bonchev–Trinajstić information content (AvgIpc) is 2.39. The minimum Gasteiger partial charge on any atom is -0.377 e. The van der Waals surface area contributed by atoms with Crippen LogP contribution in [0.4, 0.5) is 0 Å². The summed E-state index contributed by atoms with van der Waals surface area (Å²) >= 11 is 0. The maximum Gasteiger partial charge on any atom is 0.504 e. The lowest BCUT2D eigenvalue weighted by Crippen LogP contribution is -2.45. The Morgan fingerprint density at radius 1 is 0.944 bits per heavy atom. The Labute approximate surface area is 114 Å². The van der Waals surface area contributed by atoms with Crippen LogP contribution in [-0.2, 0) is 13.3 Å². The lowest BCUT2D eigenvalue weighted by Gasteiger charge is -2.27. The van der Waals surface area contributed by atoms with Gasteiger partial charge in [0.1, 0.15) is 0 Å². The van der Waals surface area contributed by atoms with Gasteiger partial charge in [0.05, 0.1) is 0 Å². The molecule has 0 unspecified atom stereocenters. The minimum absolute atomic E-state index is 0.696. The third-order valence-corrected chi connectivity index (χ3v) is 5.54. The second-order valence-electron chi connectivity index (χ2n) is 4.49. The molecule has 3 nitrogen and oxygen atoms in total. The van der Waals surface area contributed by atoms with Gasteiger partial charge in [-0.05, 0) is 12.8 Å². The molecule has 108 valence electrons. The third-order valence-electron chi connectivity index (χ3n) is 2.85. The van der Waals surface area contributed by atoms with E-state index in [1.54, 1.807) is 7.11 Å². The molecule has 4 heteroatoms. The maximum absolute atomic E-state index is 5.92. The van der Waals surface area contributed by atoms with E-state index in [1.807, 2.05) is 6.08 Å². The Morgan fingerprint density at radius 2 is 1.44 bits per heavy atom. The summed E-state index contributed by atoms with van der Waals surface area (Å²) in [6.07, 6.45) is 8.77. The van der Waals surface area contributed by atoms with Gasteiger partial charge < -0.3 is 13.3 Å². The first-order chi connectivity index (χ1) is 8.74.